The zero-order chi connectivity index (χ0) is 14.0. The summed E-state index contributed by atoms with van der Waals surface area (Å²) in [5.74, 6) is 0.378. The summed E-state index contributed by atoms with van der Waals surface area (Å²) in [5.41, 5.74) is 6.12. The number of nitrogens with one attached hydrogen (secondary N) is 1. The second kappa shape index (κ2) is 5.81. The third kappa shape index (κ3) is 3.49. The van der Waals surface area contributed by atoms with Crippen molar-refractivity contribution in [1.29, 1.82) is 0 Å². The van der Waals surface area contributed by atoms with Gasteiger partial charge in [0.2, 0.25) is 10.0 Å². The van der Waals surface area contributed by atoms with Crippen molar-refractivity contribution >= 4 is 31.6 Å². The highest BCUT2D eigenvalue weighted by molar-refractivity contribution is 9.10. The van der Waals surface area contributed by atoms with Crippen LogP contribution in [0.2, 0.25) is 0 Å². The van der Waals surface area contributed by atoms with Gasteiger partial charge in [0.05, 0.1) is 4.90 Å². The van der Waals surface area contributed by atoms with Gasteiger partial charge in [0.25, 0.3) is 0 Å². The SMILES string of the molecule is CC1CCCCC1NS(=O)(=O)c1cc(N)ccc1Br. The first-order valence-electron chi connectivity index (χ1n) is 6.47. The highest BCUT2D eigenvalue weighted by Crippen LogP contribution is 2.28. The van der Waals surface area contributed by atoms with Gasteiger partial charge in [-0.05, 0) is 52.9 Å². The number of benzene rings is 1. The Kier molecular flexibility index (Phi) is 4.53. The molecule has 1 aliphatic rings. The summed E-state index contributed by atoms with van der Waals surface area (Å²) in [6, 6.07) is 4.84. The molecular formula is C13H19BrN2O2S. The van der Waals surface area contributed by atoms with E-state index in [-0.39, 0.29) is 10.9 Å². The van der Waals surface area contributed by atoms with E-state index in [1.807, 2.05) is 0 Å². The lowest BCUT2D eigenvalue weighted by Gasteiger charge is -2.29. The van der Waals surface area contributed by atoms with Crippen molar-refractivity contribution in [1.82, 2.24) is 4.72 Å². The van der Waals surface area contributed by atoms with Crippen molar-refractivity contribution < 1.29 is 8.42 Å². The molecule has 0 radical (unpaired) electrons. The second-order valence-electron chi connectivity index (χ2n) is 5.18. The van der Waals surface area contributed by atoms with Crippen LogP contribution < -0.4 is 10.5 Å². The van der Waals surface area contributed by atoms with Crippen molar-refractivity contribution in [3.8, 4) is 0 Å². The summed E-state index contributed by atoms with van der Waals surface area (Å²) >= 11 is 3.27. The number of nitrogens with two attached hydrogens (primary N) is 1. The third-order valence-corrected chi connectivity index (χ3v) is 6.15. The molecule has 0 amide bonds. The minimum atomic E-state index is -3.52. The second-order valence-corrected chi connectivity index (χ2v) is 7.72. The van der Waals surface area contributed by atoms with E-state index in [9.17, 15) is 8.42 Å². The molecule has 19 heavy (non-hydrogen) atoms. The summed E-state index contributed by atoms with van der Waals surface area (Å²) < 4.78 is 28.2. The van der Waals surface area contributed by atoms with E-state index in [0.29, 0.717) is 16.1 Å². The Morgan fingerprint density at radius 3 is 2.68 bits per heavy atom. The smallest absolute Gasteiger partial charge is 0.242 e. The maximum atomic E-state index is 12.4. The molecule has 0 aliphatic heterocycles. The zero-order valence-corrected chi connectivity index (χ0v) is 13.3. The Morgan fingerprint density at radius 1 is 1.32 bits per heavy atom. The number of hydrogen-bond acceptors (Lipinski definition) is 3. The number of hydrogen-bond donors (Lipinski definition) is 2. The summed E-state index contributed by atoms with van der Waals surface area (Å²) in [5, 5.41) is 0. The van der Waals surface area contributed by atoms with Gasteiger partial charge in [-0.2, -0.15) is 0 Å². The molecule has 3 N–H and O–H groups in total. The Labute approximate surface area is 122 Å². The molecule has 1 aromatic rings. The van der Waals surface area contributed by atoms with Gasteiger partial charge in [0.1, 0.15) is 0 Å². The van der Waals surface area contributed by atoms with E-state index in [4.69, 9.17) is 5.73 Å². The summed E-state index contributed by atoms with van der Waals surface area (Å²) in [7, 11) is -3.52. The molecule has 0 heterocycles. The highest BCUT2D eigenvalue weighted by atomic mass is 79.9. The van der Waals surface area contributed by atoms with Crippen molar-refractivity contribution in [2.75, 3.05) is 5.73 Å². The van der Waals surface area contributed by atoms with E-state index in [1.165, 1.54) is 12.5 Å². The van der Waals surface area contributed by atoms with Crippen LogP contribution in [-0.2, 0) is 10.0 Å². The van der Waals surface area contributed by atoms with Crippen molar-refractivity contribution in [3.63, 3.8) is 0 Å². The molecule has 1 saturated carbocycles. The minimum absolute atomic E-state index is 0.0204. The molecule has 0 bridgehead atoms. The van der Waals surface area contributed by atoms with E-state index in [2.05, 4.69) is 27.6 Å². The molecule has 0 spiro atoms. The van der Waals surface area contributed by atoms with Crippen LogP contribution in [0.3, 0.4) is 0 Å². The van der Waals surface area contributed by atoms with E-state index in [1.54, 1.807) is 12.1 Å². The first-order chi connectivity index (χ1) is 8.90. The summed E-state index contributed by atoms with van der Waals surface area (Å²) in [6.07, 6.45) is 4.24. The van der Waals surface area contributed by atoms with Crippen LogP contribution in [-0.4, -0.2) is 14.5 Å². The molecule has 1 aliphatic carbocycles. The first kappa shape index (κ1) is 14.8. The van der Waals surface area contributed by atoms with Gasteiger partial charge < -0.3 is 5.73 Å². The molecule has 106 valence electrons. The molecular weight excluding hydrogens is 328 g/mol. The minimum Gasteiger partial charge on any atom is -0.399 e. The molecule has 6 heteroatoms. The van der Waals surface area contributed by atoms with Gasteiger partial charge >= 0.3 is 0 Å². The molecule has 0 saturated heterocycles. The molecule has 2 atom stereocenters. The molecule has 1 aromatic carbocycles. The van der Waals surface area contributed by atoms with Crippen LogP contribution >= 0.6 is 15.9 Å². The Morgan fingerprint density at radius 2 is 2.00 bits per heavy atom. The standard InChI is InChI=1S/C13H19BrN2O2S/c1-9-4-2-3-5-12(9)16-19(17,18)13-8-10(15)6-7-11(13)14/h6-9,12,16H,2-5,15H2,1H3. The number of rotatable bonds is 3. The van der Waals surface area contributed by atoms with Crippen LogP contribution in [0.25, 0.3) is 0 Å². The van der Waals surface area contributed by atoms with Gasteiger partial charge in [-0.15, -0.1) is 0 Å². The normalized spacial score (nSPS) is 24.3. The Balaban J connectivity index is 2.24. The summed E-state index contributed by atoms with van der Waals surface area (Å²) in [4.78, 5) is 0.213. The van der Waals surface area contributed by atoms with Crippen LogP contribution in [0.5, 0.6) is 0 Å². The fourth-order valence-corrected chi connectivity index (χ4v) is 4.86. The number of anilines is 1. The Hall–Kier alpha value is -0.590. The van der Waals surface area contributed by atoms with E-state index >= 15 is 0 Å². The van der Waals surface area contributed by atoms with Crippen molar-refractivity contribution in [2.24, 2.45) is 5.92 Å². The number of halogens is 1. The predicted octanol–water partition coefficient (Wildman–Crippen LogP) is 2.89. The number of sulfonamides is 1. The summed E-state index contributed by atoms with van der Waals surface area (Å²) in [6.45, 7) is 2.10. The maximum Gasteiger partial charge on any atom is 0.242 e. The first-order valence-corrected chi connectivity index (χ1v) is 8.75. The molecule has 1 fully saturated rings. The molecule has 0 aromatic heterocycles. The monoisotopic (exact) mass is 346 g/mol. The largest absolute Gasteiger partial charge is 0.399 e. The van der Waals surface area contributed by atoms with Crippen molar-refractivity contribution in [2.45, 2.75) is 43.5 Å². The lowest BCUT2D eigenvalue weighted by molar-refractivity contribution is 0.310. The van der Waals surface area contributed by atoms with E-state index in [0.717, 1.165) is 19.3 Å². The van der Waals surface area contributed by atoms with Gasteiger partial charge in [-0.25, -0.2) is 13.1 Å². The van der Waals surface area contributed by atoms with Gasteiger partial charge in [-0.1, -0.05) is 19.8 Å². The van der Waals surface area contributed by atoms with Crippen LogP contribution in [0.4, 0.5) is 5.69 Å². The van der Waals surface area contributed by atoms with Crippen LogP contribution in [0, 0.1) is 5.92 Å². The van der Waals surface area contributed by atoms with Gasteiger partial charge in [0.15, 0.2) is 0 Å². The quantitative estimate of drug-likeness (QED) is 0.826. The topological polar surface area (TPSA) is 72.2 Å². The van der Waals surface area contributed by atoms with E-state index < -0.39 is 10.0 Å². The van der Waals surface area contributed by atoms with Gasteiger partial charge in [-0.3, -0.25) is 0 Å². The molecule has 2 rings (SSSR count). The highest BCUT2D eigenvalue weighted by Gasteiger charge is 2.27. The van der Waals surface area contributed by atoms with Crippen molar-refractivity contribution in [3.05, 3.63) is 22.7 Å². The van der Waals surface area contributed by atoms with Crippen LogP contribution in [0.15, 0.2) is 27.6 Å². The molecule has 2 unspecified atom stereocenters. The average molecular weight is 347 g/mol. The predicted molar refractivity (Wildman–Crippen MR) is 80.3 cm³/mol. The lowest BCUT2D eigenvalue weighted by Crippen LogP contribution is -2.41. The third-order valence-electron chi connectivity index (χ3n) is 3.66. The Bertz CT molecular complexity index is 560. The lowest BCUT2D eigenvalue weighted by atomic mass is 9.87. The maximum absolute atomic E-state index is 12.4. The average Bonchev–Trinajstić information content (AvgIpc) is 2.35. The number of nitrogen functional groups attached to an aromatic ring is 1. The zero-order valence-electron chi connectivity index (χ0n) is 10.9. The fraction of sp³-hybridized carbons (Fsp3) is 0.538. The fourth-order valence-electron chi connectivity index (χ4n) is 2.48. The van der Waals surface area contributed by atoms with Crippen LogP contribution in [0.1, 0.15) is 32.6 Å². The van der Waals surface area contributed by atoms with Gasteiger partial charge in [0, 0.05) is 16.2 Å². The molecule has 4 nitrogen and oxygen atoms in total.